The number of hydrogen-bond acceptors (Lipinski definition) is 3. The third-order valence-electron chi connectivity index (χ3n) is 2.82. The van der Waals surface area contributed by atoms with Gasteiger partial charge in [-0.25, -0.2) is 0 Å². The first-order valence-electron chi connectivity index (χ1n) is 5.75. The van der Waals surface area contributed by atoms with Crippen LogP contribution in [0.15, 0.2) is 24.3 Å². The molecule has 1 aliphatic heterocycles. The van der Waals surface area contributed by atoms with E-state index in [9.17, 15) is 4.79 Å². The van der Waals surface area contributed by atoms with Crippen LogP contribution in [-0.4, -0.2) is 30.5 Å². The molecule has 1 heterocycles. The summed E-state index contributed by atoms with van der Waals surface area (Å²) in [4.78, 5) is 13.2. The van der Waals surface area contributed by atoms with Gasteiger partial charge in [0.25, 0.3) is 0 Å². The number of ether oxygens (including phenoxy) is 1. The minimum Gasteiger partial charge on any atom is -0.492 e. The van der Waals surface area contributed by atoms with Gasteiger partial charge in [-0.3, -0.25) is 4.79 Å². The van der Waals surface area contributed by atoms with Crippen LogP contribution in [0.3, 0.4) is 0 Å². The second-order valence-electron chi connectivity index (χ2n) is 4.18. The SMILES string of the molecule is N#CC1CC(=O)N(CCOc2cccc(Cl)c2)C1. The Morgan fingerprint density at radius 3 is 3.06 bits per heavy atom. The van der Waals surface area contributed by atoms with Gasteiger partial charge in [-0.05, 0) is 18.2 Å². The molecular weight excluding hydrogens is 252 g/mol. The van der Waals surface area contributed by atoms with Crippen molar-refractivity contribution in [3.8, 4) is 11.8 Å². The predicted octanol–water partition coefficient (Wildman–Crippen LogP) is 2.09. The van der Waals surface area contributed by atoms with Crippen LogP contribution in [0.4, 0.5) is 0 Å². The predicted molar refractivity (Wildman–Crippen MR) is 67.2 cm³/mol. The molecule has 94 valence electrons. The quantitative estimate of drug-likeness (QED) is 0.837. The summed E-state index contributed by atoms with van der Waals surface area (Å²) in [5.74, 6) is 0.533. The monoisotopic (exact) mass is 264 g/mol. The van der Waals surface area contributed by atoms with Gasteiger partial charge in [0.1, 0.15) is 12.4 Å². The zero-order chi connectivity index (χ0) is 13.0. The number of nitriles is 1. The molecule has 1 unspecified atom stereocenters. The molecule has 0 aromatic heterocycles. The normalized spacial score (nSPS) is 18.8. The maximum Gasteiger partial charge on any atom is 0.224 e. The van der Waals surface area contributed by atoms with Crippen LogP contribution < -0.4 is 4.74 Å². The van der Waals surface area contributed by atoms with E-state index in [2.05, 4.69) is 6.07 Å². The Morgan fingerprint density at radius 2 is 2.39 bits per heavy atom. The first kappa shape index (κ1) is 12.7. The van der Waals surface area contributed by atoms with Crippen LogP contribution in [0.2, 0.25) is 5.02 Å². The summed E-state index contributed by atoms with van der Waals surface area (Å²) < 4.78 is 5.50. The van der Waals surface area contributed by atoms with Crippen LogP contribution in [0.1, 0.15) is 6.42 Å². The molecule has 0 radical (unpaired) electrons. The van der Waals surface area contributed by atoms with Crippen molar-refractivity contribution in [1.82, 2.24) is 4.90 Å². The molecule has 1 aromatic rings. The first-order chi connectivity index (χ1) is 8.69. The van der Waals surface area contributed by atoms with E-state index in [1.165, 1.54) is 0 Å². The van der Waals surface area contributed by atoms with E-state index in [0.717, 1.165) is 0 Å². The molecule has 0 spiro atoms. The molecular formula is C13H13ClN2O2. The molecule has 0 aliphatic carbocycles. The summed E-state index contributed by atoms with van der Waals surface area (Å²) in [6.07, 6.45) is 0.327. The van der Waals surface area contributed by atoms with Crippen molar-refractivity contribution in [3.05, 3.63) is 29.3 Å². The van der Waals surface area contributed by atoms with E-state index in [4.69, 9.17) is 21.6 Å². The van der Waals surface area contributed by atoms with Crippen molar-refractivity contribution in [2.75, 3.05) is 19.7 Å². The smallest absolute Gasteiger partial charge is 0.224 e. The molecule has 1 amide bonds. The number of likely N-dealkylation sites (tertiary alicyclic amines) is 1. The zero-order valence-corrected chi connectivity index (χ0v) is 10.6. The van der Waals surface area contributed by atoms with Crippen molar-refractivity contribution < 1.29 is 9.53 Å². The molecule has 1 fully saturated rings. The summed E-state index contributed by atoms with van der Waals surface area (Å²) in [5, 5.41) is 9.38. The lowest BCUT2D eigenvalue weighted by molar-refractivity contribution is -0.128. The molecule has 0 bridgehead atoms. The van der Waals surface area contributed by atoms with Gasteiger partial charge in [0.15, 0.2) is 0 Å². The summed E-state index contributed by atoms with van der Waals surface area (Å²) in [5.41, 5.74) is 0. The van der Waals surface area contributed by atoms with Crippen molar-refractivity contribution in [2.45, 2.75) is 6.42 Å². The van der Waals surface area contributed by atoms with Gasteiger partial charge < -0.3 is 9.64 Å². The van der Waals surface area contributed by atoms with Crippen LogP contribution in [-0.2, 0) is 4.79 Å². The fraction of sp³-hybridized carbons (Fsp3) is 0.385. The molecule has 1 aromatic carbocycles. The minimum absolute atomic E-state index is 0.0243. The highest BCUT2D eigenvalue weighted by Gasteiger charge is 2.28. The summed E-state index contributed by atoms with van der Waals surface area (Å²) in [6, 6.07) is 9.25. The average molecular weight is 265 g/mol. The average Bonchev–Trinajstić information content (AvgIpc) is 2.71. The van der Waals surface area contributed by atoms with Crippen LogP contribution in [0, 0.1) is 17.2 Å². The molecule has 18 heavy (non-hydrogen) atoms. The van der Waals surface area contributed by atoms with Crippen molar-refractivity contribution >= 4 is 17.5 Å². The number of rotatable bonds is 4. The molecule has 0 saturated carbocycles. The van der Waals surface area contributed by atoms with Gasteiger partial charge in [0, 0.05) is 18.0 Å². The Bertz CT molecular complexity index is 484. The van der Waals surface area contributed by atoms with Crippen LogP contribution in [0.5, 0.6) is 5.75 Å². The summed E-state index contributed by atoms with van der Waals surface area (Å²) in [6.45, 7) is 1.42. The standard InChI is InChI=1S/C13H13ClN2O2/c14-11-2-1-3-12(7-11)18-5-4-16-9-10(8-15)6-13(16)17/h1-3,7,10H,4-6,9H2. The van der Waals surface area contributed by atoms with Gasteiger partial charge in [-0.1, -0.05) is 17.7 Å². The number of hydrogen-bond donors (Lipinski definition) is 0. The Balaban J connectivity index is 1.79. The molecule has 2 rings (SSSR count). The summed E-state index contributed by atoms with van der Waals surface area (Å²) in [7, 11) is 0. The first-order valence-corrected chi connectivity index (χ1v) is 6.12. The molecule has 1 aliphatic rings. The van der Waals surface area contributed by atoms with Gasteiger partial charge in [-0.2, -0.15) is 5.26 Å². The molecule has 0 N–H and O–H groups in total. The lowest BCUT2D eigenvalue weighted by atomic mass is 10.1. The zero-order valence-electron chi connectivity index (χ0n) is 9.80. The van der Waals surface area contributed by atoms with E-state index < -0.39 is 0 Å². The van der Waals surface area contributed by atoms with Crippen molar-refractivity contribution in [3.63, 3.8) is 0 Å². The Hall–Kier alpha value is -1.73. The number of amides is 1. The van der Waals surface area contributed by atoms with E-state index in [1.807, 2.05) is 12.1 Å². The van der Waals surface area contributed by atoms with E-state index in [-0.39, 0.29) is 11.8 Å². The highest BCUT2D eigenvalue weighted by atomic mass is 35.5. The Kier molecular flexibility index (Phi) is 4.06. The van der Waals surface area contributed by atoms with E-state index in [0.29, 0.717) is 36.9 Å². The molecule has 1 atom stereocenters. The number of halogens is 1. The van der Waals surface area contributed by atoms with Crippen molar-refractivity contribution in [1.29, 1.82) is 5.26 Å². The Morgan fingerprint density at radius 1 is 1.56 bits per heavy atom. The highest BCUT2D eigenvalue weighted by Crippen LogP contribution is 2.18. The van der Waals surface area contributed by atoms with Gasteiger partial charge >= 0.3 is 0 Å². The summed E-state index contributed by atoms with van der Waals surface area (Å²) >= 11 is 5.83. The van der Waals surface area contributed by atoms with Gasteiger partial charge in [-0.15, -0.1) is 0 Å². The van der Waals surface area contributed by atoms with E-state index >= 15 is 0 Å². The number of nitrogens with zero attached hydrogens (tertiary/aromatic N) is 2. The van der Waals surface area contributed by atoms with Crippen molar-refractivity contribution in [2.24, 2.45) is 5.92 Å². The number of benzene rings is 1. The maximum absolute atomic E-state index is 11.5. The minimum atomic E-state index is -0.177. The Labute approximate surface area is 111 Å². The topological polar surface area (TPSA) is 53.3 Å². The molecule has 1 saturated heterocycles. The van der Waals surface area contributed by atoms with Crippen LogP contribution in [0.25, 0.3) is 0 Å². The fourth-order valence-electron chi connectivity index (χ4n) is 1.91. The molecule has 4 nitrogen and oxygen atoms in total. The van der Waals surface area contributed by atoms with E-state index in [1.54, 1.807) is 17.0 Å². The van der Waals surface area contributed by atoms with Crippen LogP contribution >= 0.6 is 11.6 Å². The van der Waals surface area contributed by atoms with Gasteiger partial charge in [0.2, 0.25) is 5.91 Å². The second kappa shape index (κ2) is 5.74. The maximum atomic E-state index is 11.5. The largest absolute Gasteiger partial charge is 0.492 e. The number of carbonyl (C=O) groups excluding carboxylic acids is 1. The fourth-order valence-corrected chi connectivity index (χ4v) is 2.09. The lowest BCUT2D eigenvalue weighted by Crippen LogP contribution is -2.29. The second-order valence-corrected chi connectivity index (χ2v) is 4.61. The lowest BCUT2D eigenvalue weighted by Gasteiger charge is -2.16. The van der Waals surface area contributed by atoms with Gasteiger partial charge in [0.05, 0.1) is 18.5 Å². The third kappa shape index (κ3) is 3.14. The highest BCUT2D eigenvalue weighted by molar-refractivity contribution is 6.30. The molecule has 5 heteroatoms. The number of carbonyl (C=O) groups is 1. The third-order valence-corrected chi connectivity index (χ3v) is 3.06.